The van der Waals surface area contributed by atoms with Crippen molar-refractivity contribution in [1.29, 1.82) is 0 Å². The van der Waals surface area contributed by atoms with Gasteiger partial charge >= 0.3 is 5.97 Å². The molecule has 0 aromatic heterocycles. The number of carbonyl (C=O) groups is 2. The van der Waals surface area contributed by atoms with Crippen LogP contribution in [0.3, 0.4) is 0 Å². The van der Waals surface area contributed by atoms with Crippen molar-refractivity contribution in [2.75, 3.05) is 24.2 Å². The van der Waals surface area contributed by atoms with Crippen LogP contribution in [0.15, 0.2) is 12.1 Å². The molecule has 0 atom stereocenters. The minimum absolute atomic E-state index is 0.0343. The molecule has 0 aliphatic heterocycles. The van der Waals surface area contributed by atoms with Gasteiger partial charge in [-0.15, -0.1) is 0 Å². The predicted octanol–water partition coefficient (Wildman–Crippen LogP) is 0.821. The number of nitrogen functional groups attached to an aromatic ring is 1. The number of rotatable bonds is 5. The Hall–Kier alpha value is -2.31. The monoisotopic (exact) mass is 281 g/mol. The number of nitrogens with zero attached hydrogens (tertiary/aromatic N) is 1. The number of likely N-dealkylation sites (N-methyl/N-ethyl adjacent to an activating group) is 1. The molecule has 0 radical (unpaired) electrons. The van der Waals surface area contributed by atoms with Crippen LogP contribution in [0.4, 0.5) is 15.8 Å². The van der Waals surface area contributed by atoms with E-state index >= 15 is 0 Å². The lowest BCUT2D eigenvalue weighted by Gasteiger charge is -2.21. The van der Waals surface area contributed by atoms with E-state index in [0.717, 1.165) is 25.0 Å². The largest absolute Gasteiger partial charge is 0.478 e. The number of hydrogen-bond acceptors (Lipinski definition) is 4. The first-order valence-corrected chi connectivity index (χ1v) is 6.21. The van der Waals surface area contributed by atoms with Gasteiger partial charge in [-0.25, -0.2) is 9.18 Å². The van der Waals surface area contributed by atoms with E-state index in [1.165, 1.54) is 4.90 Å². The second-order valence-electron chi connectivity index (χ2n) is 4.89. The van der Waals surface area contributed by atoms with Gasteiger partial charge in [0.25, 0.3) is 0 Å². The number of amides is 1. The molecular formula is C13H16FN3O3. The molecule has 7 heteroatoms. The van der Waals surface area contributed by atoms with E-state index in [2.05, 4.69) is 5.32 Å². The maximum Gasteiger partial charge on any atom is 0.338 e. The van der Waals surface area contributed by atoms with Crippen LogP contribution in [-0.2, 0) is 4.79 Å². The van der Waals surface area contributed by atoms with Gasteiger partial charge in [0.2, 0.25) is 5.91 Å². The van der Waals surface area contributed by atoms with Gasteiger partial charge in [-0.05, 0) is 18.9 Å². The second-order valence-corrected chi connectivity index (χ2v) is 4.89. The summed E-state index contributed by atoms with van der Waals surface area (Å²) in [5.74, 6) is -2.43. The molecule has 0 heterocycles. The first-order valence-electron chi connectivity index (χ1n) is 6.21. The van der Waals surface area contributed by atoms with Crippen molar-refractivity contribution in [3.63, 3.8) is 0 Å². The molecule has 0 unspecified atom stereocenters. The van der Waals surface area contributed by atoms with Crippen molar-refractivity contribution in [2.45, 2.75) is 18.9 Å². The fraction of sp³-hybridized carbons (Fsp3) is 0.385. The lowest BCUT2D eigenvalue weighted by atomic mass is 10.1. The third kappa shape index (κ3) is 3.17. The number of hydrogen-bond donors (Lipinski definition) is 3. The summed E-state index contributed by atoms with van der Waals surface area (Å²) in [5.41, 5.74) is 5.64. The Bertz CT molecular complexity index is 558. The minimum atomic E-state index is -1.38. The van der Waals surface area contributed by atoms with Gasteiger partial charge in [0.15, 0.2) is 0 Å². The fourth-order valence-corrected chi connectivity index (χ4v) is 1.88. The van der Waals surface area contributed by atoms with Crippen molar-refractivity contribution in [3.8, 4) is 0 Å². The van der Waals surface area contributed by atoms with Crippen molar-refractivity contribution in [1.82, 2.24) is 5.32 Å². The molecule has 1 saturated carbocycles. The molecule has 1 aliphatic rings. The highest BCUT2D eigenvalue weighted by Gasteiger charge is 2.24. The lowest BCUT2D eigenvalue weighted by molar-refractivity contribution is -0.119. The molecule has 0 bridgehead atoms. The number of benzene rings is 1. The zero-order chi connectivity index (χ0) is 14.9. The summed E-state index contributed by atoms with van der Waals surface area (Å²) in [5, 5.41) is 11.6. The third-order valence-electron chi connectivity index (χ3n) is 3.08. The molecular weight excluding hydrogens is 265 g/mol. The van der Waals surface area contributed by atoms with Gasteiger partial charge in [-0.1, -0.05) is 0 Å². The Morgan fingerprint density at radius 2 is 2.15 bits per heavy atom. The van der Waals surface area contributed by atoms with Crippen LogP contribution in [0.2, 0.25) is 0 Å². The summed E-state index contributed by atoms with van der Waals surface area (Å²) in [6, 6.07) is 2.34. The van der Waals surface area contributed by atoms with Gasteiger partial charge in [0, 0.05) is 19.2 Å². The Morgan fingerprint density at radius 1 is 1.50 bits per heavy atom. The molecule has 1 amide bonds. The summed E-state index contributed by atoms with van der Waals surface area (Å²) in [6.07, 6.45) is 1.97. The Morgan fingerprint density at radius 3 is 2.70 bits per heavy atom. The number of carboxylic acids is 1. The fourth-order valence-electron chi connectivity index (χ4n) is 1.88. The van der Waals surface area contributed by atoms with Crippen LogP contribution >= 0.6 is 0 Å². The van der Waals surface area contributed by atoms with Gasteiger partial charge in [-0.2, -0.15) is 0 Å². The van der Waals surface area contributed by atoms with Crippen molar-refractivity contribution in [2.24, 2.45) is 0 Å². The predicted molar refractivity (Wildman–Crippen MR) is 72.2 cm³/mol. The zero-order valence-electron chi connectivity index (χ0n) is 11.0. The first-order chi connectivity index (χ1) is 9.38. The smallest absolute Gasteiger partial charge is 0.338 e. The van der Waals surface area contributed by atoms with E-state index in [4.69, 9.17) is 10.8 Å². The molecule has 4 N–H and O–H groups in total. The van der Waals surface area contributed by atoms with Crippen molar-refractivity contribution in [3.05, 3.63) is 23.5 Å². The van der Waals surface area contributed by atoms with Crippen molar-refractivity contribution < 1.29 is 19.1 Å². The molecule has 0 spiro atoms. The zero-order valence-corrected chi connectivity index (χ0v) is 11.0. The van der Waals surface area contributed by atoms with Crippen LogP contribution in [0.25, 0.3) is 0 Å². The van der Waals surface area contributed by atoms with E-state index in [-0.39, 0.29) is 24.2 Å². The number of nitrogens with two attached hydrogens (primary N) is 1. The summed E-state index contributed by atoms with van der Waals surface area (Å²) < 4.78 is 13.6. The molecule has 1 aromatic rings. The molecule has 0 saturated heterocycles. The Labute approximate surface area is 115 Å². The van der Waals surface area contributed by atoms with Crippen LogP contribution < -0.4 is 16.0 Å². The van der Waals surface area contributed by atoms with Crippen LogP contribution in [0, 0.1) is 5.82 Å². The SMILES string of the molecule is CN(CC(=O)NC1CC1)c1cc(F)c(C(=O)O)cc1N. The van der Waals surface area contributed by atoms with Gasteiger partial charge in [0.1, 0.15) is 5.82 Å². The average molecular weight is 281 g/mol. The molecule has 20 heavy (non-hydrogen) atoms. The molecule has 6 nitrogen and oxygen atoms in total. The summed E-state index contributed by atoms with van der Waals surface area (Å²) in [4.78, 5) is 23.9. The molecule has 2 rings (SSSR count). The highest BCUT2D eigenvalue weighted by molar-refractivity contribution is 5.91. The standard InChI is InChI=1S/C13H16FN3O3/c1-17(6-12(18)16-7-2-3-7)11-5-9(14)8(13(19)20)4-10(11)15/h4-5,7H,2-3,6,15H2,1H3,(H,16,18)(H,19,20). The van der Waals surface area contributed by atoms with Crippen LogP contribution in [0.1, 0.15) is 23.2 Å². The normalized spacial score (nSPS) is 13.9. The Balaban J connectivity index is 2.12. The number of carbonyl (C=O) groups excluding carboxylic acids is 1. The van der Waals surface area contributed by atoms with E-state index < -0.39 is 17.3 Å². The van der Waals surface area contributed by atoms with E-state index in [9.17, 15) is 14.0 Å². The van der Waals surface area contributed by atoms with Crippen LogP contribution in [0.5, 0.6) is 0 Å². The number of anilines is 2. The summed E-state index contributed by atoms with van der Waals surface area (Å²) >= 11 is 0. The summed E-state index contributed by atoms with van der Waals surface area (Å²) in [6.45, 7) is 0.0343. The highest BCUT2D eigenvalue weighted by atomic mass is 19.1. The lowest BCUT2D eigenvalue weighted by Crippen LogP contribution is -2.36. The Kier molecular flexibility index (Phi) is 3.78. The second kappa shape index (κ2) is 5.36. The van der Waals surface area contributed by atoms with Gasteiger partial charge in [0.05, 0.1) is 23.5 Å². The number of aromatic carboxylic acids is 1. The highest BCUT2D eigenvalue weighted by Crippen LogP contribution is 2.26. The number of halogens is 1. The average Bonchev–Trinajstić information content (AvgIpc) is 3.14. The number of nitrogens with one attached hydrogen (secondary N) is 1. The number of carboxylic acid groups (broad SMARTS) is 1. The van der Waals surface area contributed by atoms with E-state index in [1.54, 1.807) is 7.05 Å². The molecule has 1 aliphatic carbocycles. The summed E-state index contributed by atoms with van der Waals surface area (Å²) in [7, 11) is 1.60. The molecule has 108 valence electrons. The maximum atomic E-state index is 13.6. The van der Waals surface area contributed by atoms with Gasteiger partial charge < -0.3 is 21.1 Å². The van der Waals surface area contributed by atoms with E-state index in [1.807, 2.05) is 0 Å². The first kappa shape index (κ1) is 14.1. The maximum absolute atomic E-state index is 13.6. The van der Waals surface area contributed by atoms with Crippen molar-refractivity contribution >= 4 is 23.3 Å². The van der Waals surface area contributed by atoms with E-state index in [0.29, 0.717) is 5.69 Å². The van der Waals surface area contributed by atoms with Crippen LogP contribution in [-0.4, -0.2) is 36.6 Å². The topological polar surface area (TPSA) is 95.7 Å². The quantitative estimate of drug-likeness (QED) is 0.694. The molecule has 1 fully saturated rings. The minimum Gasteiger partial charge on any atom is -0.478 e. The third-order valence-corrected chi connectivity index (χ3v) is 3.08. The van der Waals surface area contributed by atoms with Gasteiger partial charge in [-0.3, -0.25) is 4.79 Å². The molecule has 1 aromatic carbocycles.